The van der Waals surface area contributed by atoms with Crippen molar-refractivity contribution in [2.24, 2.45) is 0 Å². The average molecular weight is 384 g/mol. The molecule has 0 aliphatic heterocycles. The summed E-state index contributed by atoms with van der Waals surface area (Å²) < 4.78 is 27.9. The van der Waals surface area contributed by atoms with Crippen molar-refractivity contribution in [1.29, 1.82) is 0 Å². The molecule has 0 amide bonds. The number of fused-ring (bicyclic) bond motifs is 1. The van der Waals surface area contributed by atoms with Crippen LogP contribution in [0.15, 0.2) is 58.2 Å². The highest BCUT2D eigenvalue weighted by molar-refractivity contribution is 7.90. The molecule has 2 aromatic carbocycles. The van der Waals surface area contributed by atoms with Crippen molar-refractivity contribution in [2.45, 2.75) is 51.3 Å². The molecule has 0 spiro atoms. The molecule has 0 atom stereocenters. The van der Waals surface area contributed by atoms with Gasteiger partial charge < -0.3 is 0 Å². The van der Waals surface area contributed by atoms with Crippen molar-refractivity contribution in [3.05, 3.63) is 75.7 Å². The number of hydrogen-bond donors (Lipinski definition) is 0. The second kappa shape index (κ2) is 7.69. The number of aryl methyl sites for hydroxylation is 2. The van der Waals surface area contributed by atoms with E-state index in [1.807, 2.05) is 26.0 Å². The van der Waals surface area contributed by atoms with E-state index in [9.17, 15) is 13.2 Å². The summed E-state index contributed by atoms with van der Waals surface area (Å²) in [7, 11) is -3.97. The maximum Gasteiger partial charge on any atom is 0.272 e. The molecule has 0 aliphatic carbocycles. The van der Waals surface area contributed by atoms with Crippen molar-refractivity contribution in [2.75, 3.05) is 0 Å². The zero-order chi connectivity index (χ0) is 19.6. The summed E-state index contributed by atoms with van der Waals surface area (Å²) in [5.74, 6) is 0. The fraction of sp³-hybridized carbons (Fsp3) is 0.318. The normalized spacial score (nSPS) is 11.8. The molecule has 0 aliphatic rings. The SMILES string of the molecule is CCCc1c(CCC)n(S(=O)(=O)c2ccc(C)cc2)c(=O)c2ccccc12. The van der Waals surface area contributed by atoms with E-state index in [0.29, 0.717) is 17.5 Å². The van der Waals surface area contributed by atoms with Gasteiger partial charge in [0, 0.05) is 11.1 Å². The number of rotatable bonds is 6. The number of aromatic nitrogens is 1. The van der Waals surface area contributed by atoms with Gasteiger partial charge in [0.1, 0.15) is 0 Å². The average Bonchev–Trinajstić information content (AvgIpc) is 2.65. The van der Waals surface area contributed by atoms with Crippen LogP contribution in [0.2, 0.25) is 0 Å². The molecule has 5 heteroatoms. The summed E-state index contributed by atoms with van der Waals surface area (Å²) in [5, 5.41) is 1.32. The summed E-state index contributed by atoms with van der Waals surface area (Å²) in [5.41, 5.74) is 2.09. The largest absolute Gasteiger partial charge is 0.272 e. The van der Waals surface area contributed by atoms with E-state index < -0.39 is 15.6 Å². The highest BCUT2D eigenvalue weighted by Crippen LogP contribution is 2.25. The van der Waals surface area contributed by atoms with Crippen LogP contribution in [0.3, 0.4) is 0 Å². The molecule has 0 bridgehead atoms. The molecule has 0 saturated heterocycles. The van der Waals surface area contributed by atoms with Crippen LogP contribution in [0.1, 0.15) is 43.5 Å². The van der Waals surface area contributed by atoms with E-state index in [0.717, 1.165) is 39.7 Å². The highest BCUT2D eigenvalue weighted by atomic mass is 32.2. The molecule has 0 fully saturated rings. The van der Waals surface area contributed by atoms with Gasteiger partial charge in [-0.2, -0.15) is 0 Å². The quantitative estimate of drug-likeness (QED) is 0.632. The van der Waals surface area contributed by atoms with E-state index in [1.165, 1.54) is 0 Å². The Labute approximate surface area is 160 Å². The lowest BCUT2D eigenvalue weighted by Crippen LogP contribution is -2.32. The molecule has 4 nitrogen and oxygen atoms in total. The third kappa shape index (κ3) is 3.44. The maximum absolute atomic E-state index is 13.4. The van der Waals surface area contributed by atoms with Gasteiger partial charge in [-0.15, -0.1) is 0 Å². The first-order valence-corrected chi connectivity index (χ1v) is 10.8. The zero-order valence-corrected chi connectivity index (χ0v) is 16.8. The van der Waals surface area contributed by atoms with Crippen LogP contribution in [-0.2, 0) is 22.9 Å². The fourth-order valence-electron chi connectivity index (χ4n) is 3.53. The van der Waals surface area contributed by atoms with Crippen molar-refractivity contribution in [3.8, 4) is 0 Å². The Balaban J connectivity index is 2.44. The van der Waals surface area contributed by atoms with Crippen molar-refractivity contribution < 1.29 is 8.42 Å². The smallest absolute Gasteiger partial charge is 0.268 e. The Bertz CT molecular complexity index is 1130. The molecular weight excluding hydrogens is 358 g/mol. The predicted octanol–water partition coefficient (Wildman–Crippen LogP) is 4.45. The minimum Gasteiger partial charge on any atom is -0.268 e. The van der Waals surface area contributed by atoms with Gasteiger partial charge in [0.05, 0.1) is 4.90 Å². The molecule has 142 valence electrons. The summed E-state index contributed by atoms with van der Waals surface area (Å²) in [6.45, 7) is 5.97. The zero-order valence-electron chi connectivity index (χ0n) is 16.0. The molecule has 0 radical (unpaired) electrons. The standard InChI is InChI=1S/C22H25NO3S/c1-4-8-19-18-10-6-7-11-20(18)22(24)23(21(19)9-5-2)27(25,26)17-14-12-16(3)13-15-17/h6-7,10-15H,4-5,8-9H2,1-3H3. The number of benzene rings is 2. The van der Waals surface area contributed by atoms with Gasteiger partial charge in [-0.25, -0.2) is 12.4 Å². The van der Waals surface area contributed by atoms with E-state index in [1.54, 1.807) is 36.4 Å². The fourth-order valence-corrected chi connectivity index (χ4v) is 5.03. The van der Waals surface area contributed by atoms with Crippen LogP contribution < -0.4 is 5.56 Å². The Morgan fingerprint density at radius 3 is 2.04 bits per heavy atom. The van der Waals surface area contributed by atoms with Crippen LogP contribution >= 0.6 is 0 Å². The number of nitrogens with zero attached hydrogens (tertiary/aromatic N) is 1. The van der Waals surface area contributed by atoms with E-state index in [2.05, 4.69) is 6.92 Å². The van der Waals surface area contributed by atoms with Crippen LogP contribution in [0, 0.1) is 6.92 Å². The van der Waals surface area contributed by atoms with Gasteiger partial charge in [-0.3, -0.25) is 4.79 Å². The lowest BCUT2D eigenvalue weighted by Gasteiger charge is -2.19. The lowest BCUT2D eigenvalue weighted by molar-refractivity contribution is 0.581. The minimum absolute atomic E-state index is 0.144. The molecule has 3 rings (SSSR count). The predicted molar refractivity (Wildman–Crippen MR) is 110 cm³/mol. The van der Waals surface area contributed by atoms with Crippen LogP contribution in [0.5, 0.6) is 0 Å². The van der Waals surface area contributed by atoms with Crippen LogP contribution in [0.25, 0.3) is 10.8 Å². The Kier molecular flexibility index (Phi) is 5.51. The topological polar surface area (TPSA) is 56.1 Å². The molecule has 0 N–H and O–H groups in total. The second-order valence-corrected chi connectivity index (χ2v) is 8.65. The first-order chi connectivity index (χ1) is 12.9. The first kappa shape index (κ1) is 19.4. The summed E-state index contributed by atoms with van der Waals surface area (Å²) in [6, 6.07) is 14.0. The number of pyridine rings is 1. The first-order valence-electron chi connectivity index (χ1n) is 9.39. The number of hydrogen-bond acceptors (Lipinski definition) is 3. The monoisotopic (exact) mass is 383 g/mol. The molecule has 1 heterocycles. The third-order valence-electron chi connectivity index (χ3n) is 4.81. The van der Waals surface area contributed by atoms with Gasteiger partial charge in [-0.1, -0.05) is 62.6 Å². The summed E-state index contributed by atoms with van der Waals surface area (Å²) in [6.07, 6.45) is 2.92. The Morgan fingerprint density at radius 2 is 1.44 bits per heavy atom. The highest BCUT2D eigenvalue weighted by Gasteiger charge is 2.25. The molecule has 27 heavy (non-hydrogen) atoms. The molecule has 0 unspecified atom stereocenters. The van der Waals surface area contributed by atoms with E-state index >= 15 is 0 Å². The van der Waals surface area contributed by atoms with Gasteiger partial charge >= 0.3 is 0 Å². The van der Waals surface area contributed by atoms with Gasteiger partial charge in [0.15, 0.2) is 0 Å². The molecular formula is C22H25NO3S. The molecule has 3 aromatic rings. The maximum atomic E-state index is 13.4. The van der Waals surface area contributed by atoms with Gasteiger partial charge in [-0.05, 0) is 48.9 Å². The van der Waals surface area contributed by atoms with E-state index in [4.69, 9.17) is 0 Å². The Hall–Kier alpha value is -2.40. The minimum atomic E-state index is -3.97. The second-order valence-electron chi connectivity index (χ2n) is 6.86. The van der Waals surface area contributed by atoms with Gasteiger partial charge in [0.25, 0.3) is 15.6 Å². The Morgan fingerprint density at radius 1 is 0.852 bits per heavy atom. The van der Waals surface area contributed by atoms with E-state index in [-0.39, 0.29) is 4.90 Å². The summed E-state index contributed by atoms with van der Waals surface area (Å²) >= 11 is 0. The van der Waals surface area contributed by atoms with Crippen molar-refractivity contribution in [3.63, 3.8) is 0 Å². The molecule has 1 aromatic heterocycles. The summed E-state index contributed by atoms with van der Waals surface area (Å²) in [4.78, 5) is 13.4. The van der Waals surface area contributed by atoms with Crippen LogP contribution in [-0.4, -0.2) is 12.4 Å². The van der Waals surface area contributed by atoms with Crippen molar-refractivity contribution in [1.82, 2.24) is 3.97 Å². The molecule has 0 saturated carbocycles. The van der Waals surface area contributed by atoms with Gasteiger partial charge in [0.2, 0.25) is 0 Å². The third-order valence-corrected chi connectivity index (χ3v) is 6.54. The van der Waals surface area contributed by atoms with Crippen molar-refractivity contribution >= 4 is 20.8 Å². The lowest BCUT2D eigenvalue weighted by atomic mass is 9.98. The van der Waals surface area contributed by atoms with Crippen LogP contribution in [0.4, 0.5) is 0 Å².